The van der Waals surface area contributed by atoms with Gasteiger partial charge in [0.2, 0.25) is 0 Å². The van der Waals surface area contributed by atoms with Gasteiger partial charge in [-0.3, -0.25) is 9.67 Å². The van der Waals surface area contributed by atoms with Crippen molar-refractivity contribution < 1.29 is 0 Å². The number of nitrogens with two attached hydrogens (primary N) is 1. The average molecular weight is 352 g/mol. The van der Waals surface area contributed by atoms with E-state index in [0.29, 0.717) is 21.9 Å². The molecular weight excluding hydrogens is 340 g/mol. The largest absolute Gasteiger partial charge is 0.397 e. The number of anilines is 1. The van der Waals surface area contributed by atoms with Gasteiger partial charge in [-0.15, -0.1) is 0 Å². The van der Waals surface area contributed by atoms with E-state index in [9.17, 15) is 0 Å². The van der Waals surface area contributed by atoms with Crippen molar-refractivity contribution in [1.82, 2.24) is 14.8 Å². The number of nitrogens with zero attached hydrogens (tertiary/aromatic N) is 3. The molecular formula is C14H12BrClN4. The predicted octanol–water partition coefficient (Wildman–Crippen LogP) is 3.79. The van der Waals surface area contributed by atoms with Crippen LogP contribution in [0.25, 0.3) is 10.9 Å². The van der Waals surface area contributed by atoms with Gasteiger partial charge in [0.15, 0.2) is 0 Å². The molecule has 0 aliphatic carbocycles. The van der Waals surface area contributed by atoms with E-state index in [1.807, 2.05) is 35.9 Å². The maximum absolute atomic E-state index is 6.05. The molecule has 4 nitrogen and oxygen atoms in total. The molecule has 1 aromatic carbocycles. The highest BCUT2D eigenvalue weighted by molar-refractivity contribution is 9.10. The van der Waals surface area contributed by atoms with Gasteiger partial charge in [-0.2, -0.15) is 5.10 Å². The first-order chi connectivity index (χ1) is 9.56. The van der Waals surface area contributed by atoms with Gasteiger partial charge in [-0.1, -0.05) is 17.7 Å². The zero-order valence-electron chi connectivity index (χ0n) is 10.8. The second kappa shape index (κ2) is 5.07. The number of aromatic nitrogens is 3. The Labute approximate surface area is 129 Å². The number of halogens is 2. The molecule has 3 aromatic rings. The summed E-state index contributed by atoms with van der Waals surface area (Å²) in [6.07, 6.45) is 0. The first kappa shape index (κ1) is 13.4. The lowest BCUT2D eigenvalue weighted by molar-refractivity contribution is 0.689. The maximum atomic E-state index is 6.05. The van der Waals surface area contributed by atoms with E-state index in [-0.39, 0.29) is 0 Å². The van der Waals surface area contributed by atoms with E-state index >= 15 is 0 Å². The van der Waals surface area contributed by atoms with E-state index in [1.54, 1.807) is 6.07 Å². The van der Waals surface area contributed by atoms with Gasteiger partial charge < -0.3 is 5.73 Å². The van der Waals surface area contributed by atoms with Crippen LogP contribution in [-0.4, -0.2) is 14.8 Å². The fraction of sp³-hybridized carbons (Fsp3) is 0.143. The summed E-state index contributed by atoms with van der Waals surface area (Å²) >= 11 is 9.49. The van der Waals surface area contributed by atoms with Gasteiger partial charge in [0.05, 0.1) is 33.9 Å². The van der Waals surface area contributed by atoms with E-state index in [4.69, 9.17) is 17.3 Å². The summed E-state index contributed by atoms with van der Waals surface area (Å²) in [5.41, 5.74) is 9.43. The van der Waals surface area contributed by atoms with Crippen molar-refractivity contribution in [2.24, 2.45) is 0 Å². The Bertz CT molecular complexity index is 797. The first-order valence-electron chi connectivity index (χ1n) is 6.09. The van der Waals surface area contributed by atoms with Gasteiger partial charge in [0.25, 0.3) is 0 Å². The van der Waals surface area contributed by atoms with Gasteiger partial charge in [0.1, 0.15) is 4.60 Å². The molecule has 0 saturated carbocycles. The van der Waals surface area contributed by atoms with Crippen LogP contribution in [0.5, 0.6) is 0 Å². The summed E-state index contributed by atoms with van der Waals surface area (Å²) in [6, 6.07) is 9.64. The quantitative estimate of drug-likeness (QED) is 0.715. The number of aryl methyl sites for hydroxylation is 1. The second-order valence-electron chi connectivity index (χ2n) is 4.57. The van der Waals surface area contributed by atoms with Crippen LogP contribution in [0, 0.1) is 6.92 Å². The average Bonchev–Trinajstić information content (AvgIpc) is 2.71. The molecule has 2 heterocycles. The highest BCUT2D eigenvalue weighted by atomic mass is 79.9. The van der Waals surface area contributed by atoms with Gasteiger partial charge in [0, 0.05) is 5.69 Å². The van der Waals surface area contributed by atoms with E-state index < -0.39 is 0 Å². The highest BCUT2D eigenvalue weighted by Crippen LogP contribution is 2.33. The third kappa shape index (κ3) is 2.27. The van der Waals surface area contributed by atoms with E-state index in [2.05, 4.69) is 26.0 Å². The summed E-state index contributed by atoms with van der Waals surface area (Å²) in [5, 5.41) is 5.84. The van der Waals surface area contributed by atoms with Crippen molar-refractivity contribution in [3.63, 3.8) is 0 Å². The van der Waals surface area contributed by atoms with Crippen molar-refractivity contribution in [3.05, 3.63) is 51.3 Å². The lowest BCUT2D eigenvalue weighted by atomic mass is 10.2. The topological polar surface area (TPSA) is 56.7 Å². The van der Waals surface area contributed by atoms with Crippen LogP contribution < -0.4 is 5.73 Å². The molecule has 3 rings (SSSR count). The minimum Gasteiger partial charge on any atom is -0.397 e. The third-order valence-corrected chi connectivity index (χ3v) is 4.01. The van der Waals surface area contributed by atoms with Crippen LogP contribution in [0.4, 0.5) is 5.69 Å². The highest BCUT2D eigenvalue weighted by Gasteiger charge is 2.14. The van der Waals surface area contributed by atoms with Crippen molar-refractivity contribution in [2.75, 3.05) is 5.73 Å². The molecule has 0 unspecified atom stereocenters. The minimum absolute atomic E-state index is 0.534. The molecule has 0 aliphatic rings. The van der Waals surface area contributed by atoms with Gasteiger partial charge in [-0.05, 0) is 47.1 Å². The van der Waals surface area contributed by atoms with E-state index in [0.717, 1.165) is 22.3 Å². The molecule has 0 atom stereocenters. The van der Waals surface area contributed by atoms with E-state index in [1.165, 1.54) is 0 Å². The molecule has 0 radical (unpaired) electrons. The molecule has 0 saturated heterocycles. The van der Waals surface area contributed by atoms with Gasteiger partial charge >= 0.3 is 0 Å². The number of fused-ring (bicyclic) bond motifs is 1. The molecule has 6 heteroatoms. The number of hydrogen-bond donors (Lipinski definition) is 1. The predicted molar refractivity (Wildman–Crippen MR) is 84.9 cm³/mol. The molecule has 20 heavy (non-hydrogen) atoms. The molecule has 2 N–H and O–H groups in total. The molecule has 0 fully saturated rings. The fourth-order valence-corrected chi connectivity index (χ4v) is 2.95. The zero-order chi connectivity index (χ0) is 14.3. The minimum atomic E-state index is 0.534. The summed E-state index contributed by atoms with van der Waals surface area (Å²) in [4.78, 5) is 4.49. The monoisotopic (exact) mass is 350 g/mol. The van der Waals surface area contributed by atoms with Crippen LogP contribution in [0.1, 0.15) is 11.4 Å². The lowest BCUT2D eigenvalue weighted by Gasteiger charge is -2.05. The Balaban J connectivity index is 2.11. The van der Waals surface area contributed by atoms with Crippen molar-refractivity contribution in [2.45, 2.75) is 13.5 Å². The first-order valence-corrected chi connectivity index (χ1v) is 7.26. The van der Waals surface area contributed by atoms with Crippen molar-refractivity contribution >= 4 is 44.1 Å². The standard InChI is InChI=1S/C14H12BrClN4/c1-8-3-2-4-9(18-8)7-20-11-6-5-10(16)13(17)12(11)14(15)19-20/h2-6H,7,17H2,1H3. The summed E-state index contributed by atoms with van der Waals surface area (Å²) < 4.78 is 2.56. The van der Waals surface area contributed by atoms with Gasteiger partial charge in [-0.25, -0.2) is 0 Å². The smallest absolute Gasteiger partial charge is 0.138 e. The molecule has 102 valence electrons. The van der Waals surface area contributed by atoms with Crippen LogP contribution in [-0.2, 0) is 6.54 Å². The molecule has 0 amide bonds. The Hall–Kier alpha value is -1.59. The normalized spacial score (nSPS) is 11.2. The number of benzene rings is 1. The molecule has 0 aliphatic heterocycles. The van der Waals surface area contributed by atoms with Crippen LogP contribution in [0.3, 0.4) is 0 Å². The number of hydrogen-bond acceptors (Lipinski definition) is 3. The summed E-state index contributed by atoms with van der Waals surface area (Å²) in [5.74, 6) is 0. The zero-order valence-corrected chi connectivity index (χ0v) is 13.1. The second-order valence-corrected chi connectivity index (χ2v) is 5.73. The molecule has 0 spiro atoms. The molecule has 2 aromatic heterocycles. The maximum Gasteiger partial charge on any atom is 0.138 e. The summed E-state index contributed by atoms with van der Waals surface area (Å²) in [6.45, 7) is 2.56. The van der Waals surface area contributed by atoms with Crippen molar-refractivity contribution in [1.29, 1.82) is 0 Å². The fourth-order valence-electron chi connectivity index (χ4n) is 2.19. The Kier molecular flexibility index (Phi) is 3.40. The van der Waals surface area contributed by atoms with Crippen LogP contribution in [0.15, 0.2) is 34.9 Å². The molecule has 0 bridgehead atoms. The Morgan fingerprint density at radius 2 is 2.10 bits per heavy atom. The Morgan fingerprint density at radius 3 is 2.85 bits per heavy atom. The number of nitrogen functional groups attached to an aromatic ring is 1. The lowest BCUT2D eigenvalue weighted by Crippen LogP contribution is -2.04. The Morgan fingerprint density at radius 1 is 1.30 bits per heavy atom. The van der Waals surface area contributed by atoms with Crippen LogP contribution in [0.2, 0.25) is 5.02 Å². The number of pyridine rings is 1. The van der Waals surface area contributed by atoms with Crippen LogP contribution >= 0.6 is 27.5 Å². The third-order valence-electron chi connectivity index (χ3n) is 3.12. The summed E-state index contributed by atoms with van der Waals surface area (Å²) in [7, 11) is 0. The SMILES string of the molecule is Cc1cccc(Cn2nc(Br)c3c(N)c(Cl)ccc32)n1. The number of rotatable bonds is 2. The van der Waals surface area contributed by atoms with Crippen molar-refractivity contribution in [3.8, 4) is 0 Å².